The minimum atomic E-state index is -0.473. The van der Waals surface area contributed by atoms with Crippen LogP contribution in [0.4, 0.5) is 0 Å². The molecule has 0 saturated heterocycles. The van der Waals surface area contributed by atoms with Gasteiger partial charge in [-0.3, -0.25) is 4.98 Å². The van der Waals surface area contributed by atoms with Crippen LogP contribution >= 0.6 is 34.2 Å². The Balaban J connectivity index is 2.02. The first-order valence-electron chi connectivity index (χ1n) is 8.80. The second-order valence-electron chi connectivity index (χ2n) is 6.67. The Bertz CT molecular complexity index is 1100. The molecule has 1 nitrogen and oxygen atoms in total. The van der Waals surface area contributed by atoms with Crippen molar-refractivity contribution < 1.29 is 0 Å². The Hall–Kier alpha value is -2.17. The van der Waals surface area contributed by atoms with Gasteiger partial charge in [0.1, 0.15) is 0 Å². The van der Waals surface area contributed by atoms with Crippen LogP contribution in [-0.2, 0) is 5.41 Å². The molecule has 0 fully saturated rings. The first-order valence-corrected chi connectivity index (χ1v) is 10.3. The minimum absolute atomic E-state index is 0.473. The number of halogens is 2. The maximum absolute atomic E-state index is 6.97. The van der Waals surface area contributed by atoms with E-state index in [1.54, 1.807) is 0 Å². The van der Waals surface area contributed by atoms with Crippen LogP contribution in [0.2, 0.25) is 5.02 Å². The summed E-state index contributed by atoms with van der Waals surface area (Å²) in [5.41, 5.74) is 6.37. The highest BCUT2D eigenvalue weighted by Gasteiger charge is 2.48. The number of hydrogen-bond donors (Lipinski definition) is 0. The standard InChI is InChI=1S/C24H15ClIN/c25-22-20(26)15-27-23-18-13-7-8-14-19(18)24(21(22)23,16-9-3-1-4-10-16)17-11-5-2-6-12-17/h1-15H. The van der Waals surface area contributed by atoms with Crippen LogP contribution in [0, 0.1) is 3.57 Å². The van der Waals surface area contributed by atoms with Crippen LogP contribution in [-0.4, -0.2) is 4.98 Å². The lowest BCUT2D eigenvalue weighted by Gasteiger charge is -2.34. The van der Waals surface area contributed by atoms with Gasteiger partial charge in [-0.15, -0.1) is 0 Å². The van der Waals surface area contributed by atoms with Gasteiger partial charge in [-0.2, -0.15) is 0 Å². The predicted molar refractivity (Wildman–Crippen MR) is 119 cm³/mol. The third kappa shape index (κ3) is 2.33. The third-order valence-corrected chi connectivity index (χ3v) is 6.88. The summed E-state index contributed by atoms with van der Waals surface area (Å²) in [6.07, 6.45) is 1.87. The molecule has 0 aliphatic heterocycles. The van der Waals surface area contributed by atoms with E-state index in [4.69, 9.17) is 16.6 Å². The molecule has 0 saturated carbocycles. The molecule has 1 aliphatic carbocycles. The minimum Gasteiger partial charge on any atom is -0.255 e. The average molecular weight is 480 g/mol. The zero-order valence-electron chi connectivity index (χ0n) is 14.4. The molecule has 0 spiro atoms. The van der Waals surface area contributed by atoms with Gasteiger partial charge in [-0.1, -0.05) is 96.5 Å². The molecule has 1 aliphatic rings. The average Bonchev–Trinajstić information content (AvgIpc) is 3.04. The number of pyridine rings is 1. The smallest absolute Gasteiger partial charge is 0.0768 e. The molecular formula is C24H15ClIN. The third-order valence-electron chi connectivity index (χ3n) is 5.35. The molecule has 1 aromatic heterocycles. The van der Waals surface area contributed by atoms with E-state index in [2.05, 4.69) is 108 Å². The van der Waals surface area contributed by atoms with Gasteiger partial charge in [-0.25, -0.2) is 0 Å². The van der Waals surface area contributed by atoms with E-state index in [1.807, 2.05) is 6.20 Å². The van der Waals surface area contributed by atoms with Gasteiger partial charge in [0.2, 0.25) is 0 Å². The van der Waals surface area contributed by atoms with E-state index >= 15 is 0 Å². The normalized spacial score (nSPS) is 13.9. The number of benzene rings is 3. The van der Waals surface area contributed by atoms with E-state index in [1.165, 1.54) is 16.7 Å². The zero-order chi connectivity index (χ0) is 18.4. The maximum atomic E-state index is 6.97. The van der Waals surface area contributed by atoms with Crippen LogP contribution < -0.4 is 0 Å². The van der Waals surface area contributed by atoms with Crippen molar-refractivity contribution in [1.82, 2.24) is 4.98 Å². The highest BCUT2D eigenvalue weighted by atomic mass is 127. The molecule has 0 unspecified atom stereocenters. The van der Waals surface area contributed by atoms with Crippen LogP contribution in [0.5, 0.6) is 0 Å². The van der Waals surface area contributed by atoms with Crippen molar-refractivity contribution in [2.45, 2.75) is 5.41 Å². The Morgan fingerprint density at radius 2 is 1.30 bits per heavy atom. The first kappa shape index (κ1) is 17.0. The molecule has 5 rings (SSSR count). The molecule has 0 bridgehead atoms. The van der Waals surface area contributed by atoms with Gasteiger partial charge in [0.15, 0.2) is 0 Å². The molecule has 27 heavy (non-hydrogen) atoms. The van der Waals surface area contributed by atoms with Gasteiger partial charge in [0, 0.05) is 17.3 Å². The summed E-state index contributed by atoms with van der Waals surface area (Å²) >= 11 is 9.24. The molecule has 0 amide bonds. The Labute approximate surface area is 177 Å². The van der Waals surface area contributed by atoms with Crippen molar-refractivity contribution in [3.63, 3.8) is 0 Å². The van der Waals surface area contributed by atoms with Crippen LogP contribution in [0.15, 0.2) is 91.1 Å². The summed E-state index contributed by atoms with van der Waals surface area (Å²) < 4.78 is 0.970. The molecular weight excluding hydrogens is 465 g/mol. The quantitative estimate of drug-likeness (QED) is 0.257. The van der Waals surface area contributed by atoms with Crippen molar-refractivity contribution >= 4 is 34.2 Å². The van der Waals surface area contributed by atoms with E-state index < -0.39 is 5.41 Å². The Morgan fingerprint density at radius 3 is 1.93 bits per heavy atom. The molecule has 4 aromatic rings. The van der Waals surface area contributed by atoms with E-state index in [0.717, 1.165) is 25.4 Å². The maximum Gasteiger partial charge on any atom is 0.0768 e. The Kier molecular flexibility index (Phi) is 4.06. The van der Waals surface area contributed by atoms with E-state index in [-0.39, 0.29) is 0 Å². The molecule has 0 N–H and O–H groups in total. The summed E-state index contributed by atoms with van der Waals surface area (Å²) in [5, 5.41) is 0.782. The Morgan fingerprint density at radius 1 is 0.741 bits per heavy atom. The van der Waals surface area contributed by atoms with Crippen LogP contribution in [0.3, 0.4) is 0 Å². The molecule has 0 radical (unpaired) electrons. The van der Waals surface area contributed by atoms with Crippen molar-refractivity contribution in [2.24, 2.45) is 0 Å². The van der Waals surface area contributed by atoms with Gasteiger partial charge in [-0.05, 0) is 39.3 Å². The fourth-order valence-corrected chi connectivity index (χ4v) is 5.00. The topological polar surface area (TPSA) is 12.9 Å². The number of hydrogen-bond acceptors (Lipinski definition) is 1. The number of fused-ring (bicyclic) bond motifs is 3. The van der Waals surface area contributed by atoms with Crippen molar-refractivity contribution in [2.75, 3.05) is 0 Å². The second-order valence-corrected chi connectivity index (χ2v) is 8.21. The van der Waals surface area contributed by atoms with Crippen molar-refractivity contribution in [3.05, 3.63) is 122 Å². The highest BCUT2D eigenvalue weighted by Crippen LogP contribution is 2.57. The van der Waals surface area contributed by atoms with Crippen molar-refractivity contribution in [1.29, 1.82) is 0 Å². The second kappa shape index (κ2) is 6.47. The zero-order valence-corrected chi connectivity index (χ0v) is 17.3. The molecule has 3 heteroatoms. The monoisotopic (exact) mass is 479 g/mol. The van der Waals surface area contributed by atoms with E-state index in [0.29, 0.717) is 0 Å². The first-order chi connectivity index (χ1) is 13.2. The molecule has 130 valence electrons. The molecule has 1 heterocycles. The van der Waals surface area contributed by atoms with Crippen LogP contribution in [0.25, 0.3) is 11.3 Å². The lowest BCUT2D eigenvalue weighted by atomic mass is 9.68. The SMILES string of the molecule is Clc1c(I)cnc2c1C(c1ccccc1)(c1ccccc1)c1ccccc1-2. The molecule has 3 aromatic carbocycles. The lowest BCUT2D eigenvalue weighted by molar-refractivity contribution is 0.766. The van der Waals surface area contributed by atoms with Gasteiger partial charge < -0.3 is 0 Å². The van der Waals surface area contributed by atoms with Gasteiger partial charge in [0.05, 0.1) is 19.7 Å². The van der Waals surface area contributed by atoms with E-state index in [9.17, 15) is 0 Å². The number of nitrogens with zero attached hydrogens (tertiary/aromatic N) is 1. The number of aromatic nitrogens is 1. The predicted octanol–water partition coefficient (Wildman–Crippen LogP) is 6.70. The number of rotatable bonds is 2. The summed E-state index contributed by atoms with van der Waals surface area (Å²) in [4.78, 5) is 4.82. The summed E-state index contributed by atoms with van der Waals surface area (Å²) in [6, 6.07) is 29.8. The lowest BCUT2D eigenvalue weighted by Crippen LogP contribution is -2.29. The van der Waals surface area contributed by atoms with Gasteiger partial charge >= 0.3 is 0 Å². The van der Waals surface area contributed by atoms with Crippen molar-refractivity contribution in [3.8, 4) is 11.3 Å². The summed E-state index contributed by atoms with van der Waals surface area (Å²) in [6.45, 7) is 0. The summed E-state index contributed by atoms with van der Waals surface area (Å²) in [7, 11) is 0. The van der Waals surface area contributed by atoms with Gasteiger partial charge in [0.25, 0.3) is 0 Å². The van der Waals surface area contributed by atoms with Crippen LogP contribution in [0.1, 0.15) is 22.3 Å². The fourth-order valence-electron chi connectivity index (χ4n) is 4.31. The largest absolute Gasteiger partial charge is 0.255 e. The fraction of sp³-hybridized carbons (Fsp3) is 0.0417. The highest BCUT2D eigenvalue weighted by molar-refractivity contribution is 14.1. The molecule has 0 atom stereocenters. The summed E-state index contributed by atoms with van der Waals surface area (Å²) in [5.74, 6) is 0.